The smallest absolute Gasteiger partial charge is 0.183 e. The fraction of sp³-hybridized carbons (Fsp3) is 0.312. The fourth-order valence-electron chi connectivity index (χ4n) is 2.42. The number of hydrogen-bond donors (Lipinski definition) is 5. The van der Waals surface area contributed by atoms with Crippen LogP contribution in [0.3, 0.4) is 0 Å². The Labute approximate surface area is 154 Å². The average molecular weight is 371 g/mol. The standard InChI is InChI=1S/C16H21N9O2/c1-2-19-13-3-4-20-16-12(6-21-25(13)16)23-15-11(18)5-10(17)14(24-15)22-9(7-26)8-27/h3-6,9,26-27H,2,7-8,17-18H2,1H3,(H,22,24). The summed E-state index contributed by atoms with van der Waals surface area (Å²) < 4.78 is 1.59. The van der Waals surface area contributed by atoms with Crippen molar-refractivity contribution >= 4 is 34.9 Å². The quantitative estimate of drug-likeness (QED) is 0.437. The van der Waals surface area contributed by atoms with Gasteiger partial charge in [0.05, 0.1) is 36.8 Å². The van der Waals surface area contributed by atoms with Crippen LogP contribution < -0.4 is 22.3 Å². The zero-order valence-corrected chi connectivity index (χ0v) is 14.7. The molecule has 11 heteroatoms. The van der Waals surface area contributed by atoms with Gasteiger partial charge in [0.2, 0.25) is 0 Å². The van der Waals surface area contributed by atoms with Crippen molar-refractivity contribution in [3.05, 3.63) is 29.6 Å². The van der Waals surface area contributed by atoms with Gasteiger partial charge in [-0.3, -0.25) is 4.99 Å². The van der Waals surface area contributed by atoms with Gasteiger partial charge in [0, 0.05) is 18.8 Å². The molecular formula is C16H21N9O2. The molecule has 0 atom stereocenters. The lowest BCUT2D eigenvalue weighted by Crippen LogP contribution is -2.28. The summed E-state index contributed by atoms with van der Waals surface area (Å²) in [6.07, 6.45) is 3.18. The van der Waals surface area contributed by atoms with Crippen LogP contribution in [-0.4, -0.2) is 62.6 Å². The first kappa shape index (κ1) is 18.5. The molecule has 0 saturated heterocycles. The number of aliphatic imine (C=N–C) groups is 1. The maximum Gasteiger partial charge on any atom is 0.183 e. The highest BCUT2D eigenvalue weighted by Crippen LogP contribution is 2.28. The van der Waals surface area contributed by atoms with E-state index in [1.807, 2.05) is 6.92 Å². The average Bonchev–Trinajstić information content (AvgIpc) is 3.07. The minimum atomic E-state index is -0.604. The number of aromatic nitrogens is 3. The molecule has 3 rings (SSSR count). The van der Waals surface area contributed by atoms with Crippen LogP contribution in [0.25, 0.3) is 0 Å². The maximum absolute atomic E-state index is 9.23. The minimum absolute atomic E-state index is 0.218. The number of nitrogen functional groups attached to an aromatic ring is 2. The van der Waals surface area contributed by atoms with Crippen molar-refractivity contribution in [1.82, 2.24) is 14.6 Å². The second kappa shape index (κ2) is 7.93. The number of aliphatic hydroxyl groups is 2. The molecule has 0 saturated carbocycles. The van der Waals surface area contributed by atoms with Crippen LogP contribution in [0.1, 0.15) is 12.7 Å². The molecule has 1 aliphatic rings. The first-order valence-electron chi connectivity index (χ1n) is 8.33. The number of pyridine rings is 1. The van der Waals surface area contributed by atoms with Crippen LogP contribution in [0.4, 0.5) is 23.0 Å². The number of hydrogen-bond acceptors (Lipinski definition) is 10. The van der Waals surface area contributed by atoms with Gasteiger partial charge < -0.3 is 27.0 Å². The highest BCUT2D eigenvalue weighted by Gasteiger charge is 2.18. The molecular weight excluding hydrogens is 350 g/mol. The molecule has 0 amide bonds. The van der Waals surface area contributed by atoms with Gasteiger partial charge in [-0.15, -0.1) is 0 Å². The minimum Gasteiger partial charge on any atom is -0.396 e. The Morgan fingerprint density at radius 2 is 2.04 bits per heavy atom. The second-order valence-electron chi connectivity index (χ2n) is 5.70. The van der Waals surface area contributed by atoms with Crippen molar-refractivity contribution in [2.24, 2.45) is 15.1 Å². The molecule has 0 aromatic carbocycles. The van der Waals surface area contributed by atoms with E-state index in [4.69, 9.17) is 11.5 Å². The van der Waals surface area contributed by atoms with Crippen molar-refractivity contribution in [1.29, 1.82) is 0 Å². The van der Waals surface area contributed by atoms with Gasteiger partial charge in [-0.25, -0.2) is 15.0 Å². The van der Waals surface area contributed by atoms with E-state index in [1.54, 1.807) is 23.2 Å². The Morgan fingerprint density at radius 1 is 1.26 bits per heavy atom. The van der Waals surface area contributed by atoms with Gasteiger partial charge in [-0.1, -0.05) is 0 Å². The SMILES string of the molecule is CCN=c1ccnc2n1N=CC2=Nc1nc(NC(CO)CO)c(N)cc1N. The first-order valence-corrected chi connectivity index (χ1v) is 8.33. The number of rotatable bonds is 6. The molecule has 0 spiro atoms. The summed E-state index contributed by atoms with van der Waals surface area (Å²) in [5, 5.41) is 25.6. The van der Waals surface area contributed by atoms with Crippen LogP contribution in [0.5, 0.6) is 0 Å². The predicted octanol–water partition coefficient (Wildman–Crippen LogP) is -0.903. The monoisotopic (exact) mass is 371 g/mol. The Balaban J connectivity index is 2.01. The van der Waals surface area contributed by atoms with E-state index in [9.17, 15) is 10.2 Å². The summed E-state index contributed by atoms with van der Waals surface area (Å²) in [6.45, 7) is 1.98. The van der Waals surface area contributed by atoms with E-state index >= 15 is 0 Å². The van der Waals surface area contributed by atoms with Crippen LogP contribution in [0.2, 0.25) is 0 Å². The Morgan fingerprint density at radius 3 is 2.74 bits per heavy atom. The number of nitrogens with one attached hydrogen (secondary N) is 1. The van der Waals surface area contributed by atoms with Crippen LogP contribution in [-0.2, 0) is 0 Å². The van der Waals surface area contributed by atoms with E-state index < -0.39 is 6.04 Å². The van der Waals surface area contributed by atoms with Crippen LogP contribution in [0, 0.1) is 0 Å². The number of fused-ring (bicyclic) bond motifs is 1. The van der Waals surface area contributed by atoms with Gasteiger partial charge in [-0.05, 0) is 13.0 Å². The molecule has 0 fully saturated rings. The summed E-state index contributed by atoms with van der Waals surface area (Å²) in [6, 6.07) is 2.67. The van der Waals surface area contributed by atoms with E-state index in [0.717, 1.165) is 0 Å². The van der Waals surface area contributed by atoms with E-state index in [0.29, 0.717) is 23.6 Å². The lowest BCUT2D eigenvalue weighted by Gasteiger charge is -2.16. The van der Waals surface area contributed by atoms with E-state index in [1.165, 1.54) is 6.07 Å². The number of aliphatic hydroxyl groups excluding tert-OH is 2. The Kier molecular flexibility index (Phi) is 5.43. The summed E-state index contributed by atoms with van der Waals surface area (Å²) in [5.74, 6) is 0.999. The summed E-state index contributed by atoms with van der Waals surface area (Å²) in [4.78, 5) is 17.4. The van der Waals surface area contributed by atoms with Gasteiger partial charge in [0.15, 0.2) is 22.9 Å². The molecule has 0 bridgehead atoms. The highest BCUT2D eigenvalue weighted by molar-refractivity contribution is 6.39. The van der Waals surface area contributed by atoms with E-state index in [2.05, 4.69) is 30.4 Å². The molecule has 27 heavy (non-hydrogen) atoms. The third-order valence-corrected chi connectivity index (χ3v) is 3.75. The van der Waals surface area contributed by atoms with Gasteiger partial charge in [0.1, 0.15) is 5.71 Å². The predicted molar refractivity (Wildman–Crippen MR) is 103 cm³/mol. The number of nitrogens with zero attached hydrogens (tertiary/aromatic N) is 6. The van der Waals surface area contributed by atoms with Crippen molar-refractivity contribution in [2.45, 2.75) is 13.0 Å². The molecule has 2 aromatic rings. The summed E-state index contributed by atoms with van der Waals surface area (Å²) >= 11 is 0. The maximum atomic E-state index is 9.23. The molecule has 7 N–H and O–H groups in total. The molecule has 1 aliphatic heterocycles. The van der Waals surface area contributed by atoms with Gasteiger partial charge in [-0.2, -0.15) is 9.78 Å². The second-order valence-corrected chi connectivity index (χ2v) is 5.70. The van der Waals surface area contributed by atoms with Crippen molar-refractivity contribution in [3.8, 4) is 0 Å². The molecule has 0 radical (unpaired) electrons. The van der Waals surface area contributed by atoms with Crippen molar-refractivity contribution in [2.75, 3.05) is 36.5 Å². The number of nitrogens with two attached hydrogens (primary N) is 2. The molecule has 11 nitrogen and oxygen atoms in total. The normalized spacial score (nSPS) is 15.0. The van der Waals surface area contributed by atoms with E-state index in [-0.39, 0.29) is 36.2 Å². The van der Waals surface area contributed by atoms with Gasteiger partial charge >= 0.3 is 0 Å². The third-order valence-electron chi connectivity index (χ3n) is 3.75. The van der Waals surface area contributed by atoms with Crippen LogP contribution in [0.15, 0.2) is 33.4 Å². The third kappa shape index (κ3) is 3.78. The Hall–Kier alpha value is -3.31. The van der Waals surface area contributed by atoms with Crippen molar-refractivity contribution < 1.29 is 10.2 Å². The lowest BCUT2D eigenvalue weighted by atomic mass is 10.3. The molecule has 0 aliphatic carbocycles. The van der Waals surface area contributed by atoms with Crippen molar-refractivity contribution in [3.63, 3.8) is 0 Å². The van der Waals surface area contributed by atoms with Gasteiger partial charge in [0.25, 0.3) is 0 Å². The largest absolute Gasteiger partial charge is 0.396 e. The highest BCUT2D eigenvalue weighted by atomic mass is 16.3. The van der Waals surface area contributed by atoms with Crippen LogP contribution >= 0.6 is 0 Å². The zero-order chi connectivity index (χ0) is 19.4. The summed E-state index contributed by atoms with van der Waals surface area (Å²) in [7, 11) is 0. The fourth-order valence-corrected chi connectivity index (χ4v) is 2.42. The topological polar surface area (TPSA) is 172 Å². The first-order chi connectivity index (χ1) is 13.1. The lowest BCUT2D eigenvalue weighted by molar-refractivity contribution is 0.203. The molecule has 2 aromatic heterocycles. The zero-order valence-electron chi connectivity index (χ0n) is 14.7. The number of anilines is 3. The molecule has 0 unspecified atom stereocenters. The molecule has 142 valence electrons. The molecule has 3 heterocycles. The Bertz CT molecular complexity index is 961. The summed E-state index contributed by atoms with van der Waals surface area (Å²) in [5.41, 5.74) is 13.6.